The molecule has 2 N–H and O–H groups in total. The van der Waals surface area contributed by atoms with Crippen LogP contribution < -0.4 is 10.6 Å². The molecule has 1 aliphatic heterocycles. The van der Waals surface area contributed by atoms with Crippen LogP contribution in [0.15, 0.2) is 30.3 Å². The average molecular weight is 246 g/mol. The summed E-state index contributed by atoms with van der Waals surface area (Å²) >= 11 is 0. The molecule has 18 heavy (non-hydrogen) atoms. The Labute approximate surface area is 109 Å². The number of carbonyl (C=O) groups excluding carboxylic acids is 1. The molecule has 0 aliphatic carbocycles. The number of amides is 1. The van der Waals surface area contributed by atoms with Crippen molar-refractivity contribution in [2.45, 2.75) is 32.2 Å². The van der Waals surface area contributed by atoms with Crippen LogP contribution in [0.3, 0.4) is 0 Å². The zero-order chi connectivity index (χ0) is 12.8. The van der Waals surface area contributed by atoms with E-state index in [4.69, 9.17) is 0 Å². The van der Waals surface area contributed by atoms with Gasteiger partial charge in [0.25, 0.3) is 0 Å². The van der Waals surface area contributed by atoms with Gasteiger partial charge in [-0.1, -0.05) is 30.3 Å². The maximum atomic E-state index is 11.8. The Bertz CT molecular complexity index is 369. The van der Waals surface area contributed by atoms with E-state index in [-0.39, 0.29) is 5.91 Å². The summed E-state index contributed by atoms with van der Waals surface area (Å²) in [5, 5.41) is 6.49. The summed E-state index contributed by atoms with van der Waals surface area (Å²) in [7, 11) is 0. The Morgan fingerprint density at radius 1 is 1.33 bits per heavy atom. The summed E-state index contributed by atoms with van der Waals surface area (Å²) in [4.78, 5) is 11.8. The van der Waals surface area contributed by atoms with E-state index in [1.54, 1.807) is 0 Å². The van der Waals surface area contributed by atoms with Crippen LogP contribution in [-0.4, -0.2) is 25.0 Å². The van der Waals surface area contributed by atoms with Gasteiger partial charge in [0.2, 0.25) is 5.91 Å². The molecule has 1 saturated heterocycles. The van der Waals surface area contributed by atoms with Gasteiger partial charge in [-0.25, -0.2) is 0 Å². The van der Waals surface area contributed by atoms with Crippen molar-refractivity contribution in [3.05, 3.63) is 35.9 Å². The molecule has 1 aromatic rings. The number of rotatable bonds is 4. The second-order valence-electron chi connectivity index (χ2n) is 5.22. The molecule has 0 spiro atoms. The Morgan fingerprint density at radius 3 is 2.78 bits per heavy atom. The van der Waals surface area contributed by atoms with Gasteiger partial charge in [0.05, 0.1) is 6.42 Å². The SMILES string of the molecule is CC1CCC(CNC(=O)Cc2ccccc2)CN1. The van der Waals surface area contributed by atoms with Gasteiger partial charge in [-0.3, -0.25) is 4.79 Å². The second-order valence-corrected chi connectivity index (χ2v) is 5.22. The molecule has 2 rings (SSSR count). The number of hydrogen-bond donors (Lipinski definition) is 2. The first kappa shape index (κ1) is 13.1. The lowest BCUT2D eigenvalue weighted by Gasteiger charge is -2.27. The van der Waals surface area contributed by atoms with Crippen LogP contribution in [0.25, 0.3) is 0 Å². The predicted molar refractivity (Wildman–Crippen MR) is 73.3 cm³/mol. The highest BCUT2D eigenvalue weighted by atomic mass is 16.1. The summed E-state index contributed by atoms with van der Waals surface area (Å²) in [5.41, 5.74) is 1.07. The van der Waals surface area contributed by atoms with E-state index in [2.05, 4.69) is 17.6 Å². The third-order valence-corrected chi connectivity index (χ3v) is 3.56. The van der Waals surface area contributed by atoms with E-state index in [0.717, 1.165) is 18.7 Å². The summed E-state index contributed by atoms with van der Waals surface area (Å²) < 4.78 is 0. The van der Waals surface area contributed by atoms with E-state index < -0.39 is 0 Å². The van der Waals surface area contributed by atoms with Gasteiger partial charge in [-0.2, -0.15) is 0 Å². The molecule has 0 aromatic heterocycles. The van der Waals surface area contributed by atoms with Crippen molar-refractivity contribution in [1.82, 2.24) is 10.6 Å². The monoisotopic (exact) mass is 246 g/mol. The summed E-state index contributed by atoms with van der Waals surface area (Å²) in [5.74, 6) is 0.709. The Balaban J connectivity index is 1.69. The normalized spacial score (nSPS) is 23.6. The molecular formula is C15H22N2O. The fourth-order valence-electron chi connectivity index (χ4n) is 2.33. The molecule has 0 bridgehead atoms. The standard InChI is InChI=1S/C15H22N2O/c1-12-7-8-14(10-16-12)11-17-15(18)9-13-5-3-2-4-6-13/h2-6,12,14,16H,7-11H2,1H3,(H,17,18). The summed E-state index contributed by atoms with van der Waals surface area (Å²) in [6.07, 6.45) is 2.90. The molecule has 98 valence electrons. The fraction of sp³-hybridized carbons (Fsp3) is 0.533. The Morgan fingerprint density at radius 2 is 2.11 bits per heavy atom. The minimum atomic E-state index is 0.125. The number of benzene rings is 1. The lowest BCUT2D eigenvalue weighted by molar-refractivity contribution is -0.120. The van der Waals surface area contributed by atoms with Crippen molar-refractivity contribution in [2.24, 2.45) is 5.92 Å². The van der Waals surface area contributed by atoms with Gasteiger partial charge in [0.15, 0.2) is 0 Å². The van der Waals surface area contributed by atoms with E-state index >= 15 is 0 Å². The van der Waals surface area contributed by atoms with Crippen LogP contribution in [-0.2, 0) is 11.2 Å². The summed E-state index contributed by atoms with van der Waals surface area (Å²) in [6, 6.07) is 10.5. The molecule has 2 atom stereocenters. The Kier molecular flexibility index (Phi) is 4.76. The lowest BCUT2D eigenvalue weighted by atomic mass is 9.95. The first-order valence-corrected chi connectivity index (χ1v) is 6.78. The first-order valence-electron chi connectivity index (χ1n) is 6.78. The molecule has 0 radical (unpaired) electrons. The maximum Gasteiger partial charge on any atom is 0.224 e. The van der Waals surface area contributed by atoms with E-state index in [9.17, 15) is 4.79 Å². The molecule has 3 heteroatoms. The predicted octanol–water partition coefficient (Wildman–Crippen LogP) is 1.73. The molecule has 3 nitrogen and oxygen atoms in total. The maximum absolute atomic E-state index is 11.8. The van der Waals surface area contributed by atoms with E-state index in [0.29, 0.717) is 18.4 Å². The molecular weight excluding hydrogens is 224 g/mol. The van der Waals surface area contributed by atoms with Crippen LogP contribution in [0.2, 0.25) is 0 Å². The van der Waals surface area contributed by atoms with Gasteiger partial charge in [0.1, 0.15) is 0 Å². The van der Waals surface area contributed by atoms with Gasteiger partial charge in [-0.15, -0.1) is 0 Å². The third kappa shape index (κ3) is 4.15. The van der Waals surface area contributed by atoms with Gasteiger partial charge in [0, 0.05) is 12.6 Å². The average Bonchev–Trinajstić information content (AvgIpc) is 2.39. The highest BCUT2D eigenvalue weighted by Gasteiger charge is 2.17. The molecule has 1 amide bonds. The fourth-order valence-corrected chi connectivity index (χ4v) is 2.33. The molecule has 2 unspecified atom stereocenters. The smallest absolute Gasteiger partial charge is 0.224 e. The van der Waals surface area contributed by atoms with Crippen molar-refractivity contribution in [1.29, 1.82) is 0 Å². The van der Waals surface area contributed by atoms with Crippen LogP contribution >= 0.6 is 0 Å². The van der Waals surface area contributed by atoms with Crippen molar-refractivity contribution in [3.8, 4) is 0 Å². The summed E-state index contributed by atoms with van der Waals surface area (Å²) in [6.45, 7) is 4.03. The first-order chi connectivity index (χ1) is 8.74. The lowest BCUT2D eigenvalue weighted by Crippen LogP contribution is -2.42. The van der Waals surface area contributed by atoms with Crippen LogP contribution in [0.1, 0.15) is 25.3 Å². The minimum absolute atomic E-state index is 0.125. The van der Waals surface area contributed by atoms with E-state index in [1.807, 2.05) is 30.3 Å². The third-order valence-electron chi connectivity index (χ3n) is 3.56. The quantitative estimate of drug-likeness (QED) is 0.849. The van der Waals surface area contributed by atoms with Crippen molar-refractivity contribution in [3.63, 3.8) is 0 Å². The Hall–Kier alpha value is -1.35. The molecule has 1 aromatic carbocycles. The number of piperidine rings is 1. The van der Waals surface area contributed by atoms with Gasteiger partial charge >= 0.3 is 0 Å². The molecule has 1 aliphatic rings. The second kappa shape index (κ2) is 6.55. The highest BCUT2D eigenvalue weighted by Crippen LogP contribution is 2.13. The number of nitrogens with one attached hydrogen (secondary N) is 2. The van der Waals surface area contributed by atoms with Gasteiger partial charge in [-0.05, 0) is 37.8 Å². The van der Waals surface area contributed by atoms with Crippen LogP contribution in [0, 0.1) is 5.92 Å². The van der Waals surface area contributed by atoms with Crippen molar-refractivity contribution < 1.29 is 4.79 Å². The zero-order valence-corrected chi connectivity index (χ0v) is 11.0. The van der Waals surface area contributed by atoms with Crippen molar-refractivity contribution in [2.75, 3.05) is 13.1 Å². The largest absolute Gasteiger partial charge is 0.355 e. The molecule has 1 fully saturated rings. The topological polar surface area (TPSA) is 41.1 Å². The van der Waals surface area contributed by atoms with Crippen molar-refractivity contribution >= 4 is 5.91 Å². The minimum Gasteiger partial charge on any atom is -0.355 e. The molecule has 0 saturated carbocycles. The van der Waals surface area contributed by atoms with Gasteiger partial charge < -0.3 is 10.6 Å². The van der Waals surface area contributed by atoms with E-state index in [1.165, 1.54) is 12.8 Å². The highest BCUT2D eigenvalue weighted by molar-refractivity contribution is 5.78. The molecule has 1 heterocycles. The van der Waals surface area contributed by atoms with Crippen LogP contribution in [0.4, 0.5) is 0 Å². The van der Waals surface area contributed by atoms with Crippen LogP contribution in [0.5, 0.6) is 0 Å². The number of carbonyl (C=O) groups is 1. The zero-order valence-electron chi connectivity index (χ0n) is 11.0. The number of hydrogen-bond acceptors (Lipinski definition) is 2.